The second-order valence-electron chi connectivity index (χ2n) is 10.8. The quantitative estimate of drug-likeness (QED) is 0.491. The molecule has 2 fully saturated rings. The molecule has 2 saturated heterocycles. The maximum atomic E-state index is 12.7. The lowest BCUT2D eigenvalue weighted by molar-refractivity contribution is -0.317. The Morgan fingerprint density at radius 2 is 1.37 bits per heavy atom. The van der Waals surface area contributed by atoms with Crippen molar-refractivity contribution in [3.63, 3.8) is 0 Å². The Hall–Kier alpha value is -2.74. The van der Waals surface area contributed by atoms with Gasteiger partial charge in [-0.3, -0.25) is 0 Å². The fraction of sp³-hybridized carbons (Fsp3) is 0.500. The van der Waals surface area contributed by atoms with E-state index in [1.54, 1.807) is 36.4 Å². The molecule has 7 heteroatoms. The number of carbonyl (C=O) groups is 2. The summed E-state index contributed by atoms with van der Waals surface area (Å²) in [5.74, 6) is -1.17. The van der Waals surface area contributed by atoms with E-state index in [-0.39, 0.29) is 24.3 Å². The molecular formula is C28H35NO6. The predicted molar refractivity (Wildman–Crippen MR) is 132 cm³/mol. The summed E-state index contributed by atoms with van der Waals surface area (Å²) in [7, 11) is 0. The van der Waals surface area contributed by atoms with Gasteiger partial charge in [0.2, 0.25) is 0 Å². The zero-order valence-electron chi connectivity index (χ0n) is 21.2. The molecule has 1 N–H and O–H groups in total. The molecule has 0 amide bonds. The first kappa shape index (κ1) is 25.4. The standard InChI is InChI=1S/C28H35NO6/c1-6-19-7-13-22(14-8-19)34-24(30)20-9-11-21(12-10-20)25(31)35-23-15-32-28(33-16-23)17-26(2,3)29-27(4,5)18-28/h7-14,23,29H,6,15-18H2,1-5H3. The SMILES string of the molecule is CCc1ccc(OC(=O)c2ccc(C(=O)OC3COC4(CC(C)(C)NC(C)(C)C4)OC3)cc2)cc1. The van der Waals surface area contributed by atoms with E-state index < -0.39 is 23.8 Å². The average Bonchev–Trinajstić information content (AvgIpc) is 2.79. The average molecular weight is 482 g/mol. The van der Waals surface area contributed by atoms with Gasteiger partial charge in [0.15, 0.2) is 5.79 Å². The van der Waals surface area contributed by atoms with Crippen molar-refractivity contribution in [3.05, 3.63) is 65.2 Å². The van der Waals surface area contributed by atoms with Crippen LogP contribution in [-0.2, 0) is 20.6 Å². The van der Waals surface area contributed by atoms with Crippen LogP contribution in [0.5, 0.6) is 5.75 Å². The Morgan fingerprint density at radius 1 is 0.857 bits per heavy atom. The van der Waals surface area contributed by atoms with Gasteiger partial charge in [-0.1, -0.05) is 19.1 Å². The van der Waals surface area contributed by atoms with Crippen molar-refractivity contribution in [1.82, 2.24) is 5.32 Å². The van der Waals surface area contributed by atoms with Crippen LogP contribution in [0.1, 0.15) is 73.7 Å². The van der Waals surface area contributed by atoms with E-state index in [4.69, 9.17) is 18.9 Å². The number of carbonyl (C=O) groups excluding carboxylic acids is 2. The number of rotatable bonds is 5. The highest BCUT2D eigenvalue weighted by Crippen LogP contribution is 2.41. The van der Waals surface area contributed by atoms with Gasteiger partial charge in [0.05, 0.1) is 24.3 Å². The first-order valence-corrected chi connectivity index (χ1v) is 12.2. The molecule has 0 bridgehead atoms. The molecule has 0 aromatic heterocycles. The Balaban J connectivity index is 1.31. The molecule has 7 nitrogen and oxygen atoms in total. The van der Waals surface area contributed by atoms with E-state index >= 15 is 0 Å². The fourth-order valence-electron chi connectivity index (χ4n) is 5.19. The van der Waals surface area contributed by atoms with E-state index in [2.05, 4.69) is 39.9 Å². The summed E-state index contributed by atoms with van der Waals surface area (Å²) in [6.45, 7) is 11.2. The second-order valence-corrected chi connectivity index (χ2v) is 10.8. The van der Waals surface area contributed by atoms with Crippen molar-refractivity contribution in [2.45, 2.75) is 76.9 Å². The highest BCUT2D eigenvalue weighted by atomic mass is 16.7. The van der Waals surface area contributed by atoms with Gasteiger partial charge in [-0.05, 0) is 76.1 Å². The number of ether oxygens (including phenoxy) is 4. The molecule has 0 aliphatic carbocycles. The smallest absolute Gasteiger partial charge is 0.343 e. The summed E-state index contributed by atoms with van der Waals surface area (Å²) in [5, 5.41) is 3.62. The summed E-state index contributed by atoms with van der Waals surface area (Å²) in [6.07, 6.45) is 1.85. The molecule has 188 valence electrons. The van der Waals surface area contributed by atoms with Crippen molar-refractivity contribution in [2.24, 2.45) is 0 Å². The van der Waals surface area contributed by atoms with Crippen molar-refractivity contribution < 1.29 is 28.5 Å². The second kappa shape index (κ2) is 9.72. The third-order valence-corrected chi connectivity index (χ3v) is 6.34. The Kier molecular flexibility index (Phi) is 7.04. The maximum absolute atomic E-state index is 12.7. The number of hydrogen-bond donors (Lipinski definition) is 1. The van der Waals surface area contributed by atoms with Crippen LogP contribution in [0, 0.1) is 0 Å². The van der Waals surface area contributed by atoms with Crippen LogP contribution in [-0.4, -0.2) is 48.1 Å². The van der Waals surface area contributed by atoms with Crippen LogP contribution in [0.3, 0.4) is 0 Å². The van der Waals surface area contributed by atoms with Gasteiger partial charge < -0.3 is 24.3 Å². The lowest BCUT2D eigenvalue weighted by Crippen LogP contribution is -2.66. The highest BCUT2D eigenvalue weighted by Gasteiger charge is 2.51. The van der Waals surface area contributed by atoms with E-state index in [9.17, 15) is 9.59 Å². The lowest BCUT2D eigenvalue weighted by atomic mass is 9.78. The Labute approximate surface area is 207 Å². The van der Waals surface area contributed by atoms with Gasteiger partial charge in [-0.2, -0.15) is 0 Å². The van der Waals surface area contributed by atoms with Crippen LogP contribution >= 0.6 is 0 Å². The van der Waals surface area contributed by atoms with Crippen LogP contribution in [0.25, 0.3) is 0 Å². The minimum atomic E-state index is -0.681. The summed E-state index contributed by atoms with van der Waals surface area (Å²) >= 11 is 0. The van der Waals surface area contributed by atoms with Gasteiger partial charge in [0.1, 0.15) is 11.9 Å². The van der Waals surface area contributed by atoms with Crippen molar-refractivity contribution in [1.29, 1.82) is 0 Å². The molecule has 0 unspecified atom stereocenters. The van der Waals surface area contributed by atoms with Crippen molar-refractivity contribution in [2.75, 3.05) is 13.2 Å². The summed E-state index contributed by atoms with van der Waals surface area (Å²) in [6, 6.07) is 13.6. The van der Waals surface area contributed by atoms with E-state index in [1.807, 2.05) is 12.1 Å². The van der Waals surface area contributed by atoms with Crippen LogP contribution < -0.4 is 10.1 Å². The zero-order chi connectivity index (χ0) is 25.3. The Morgan fingerprint density at radius 3 is 1.89 bits per heavy atom. The fourth-order valence-corrected chi connectivity index (χ4v) is 5.19. The molecule has 35 heavy (non-hydrogen) atoms. The monoisotopic (exact) mass is 481 g/mol. The van der Waals surface area contributed by atoms with Crippen LogP contribution in [0.15, 0.2) is 48.5 Å². The number of aryl methyl sites for hydroxylation is 1. The third kappa shape index (κ3) is 6.28. The van der Waals surface area contributed by atoms with Gasteiger partial charge >= 0.3 is 11.9 Å². The lowest BCUT2D eigenvalue weighted by Gasteiger charge is -2.53. The van der Waals surface area contributed by atoms with Crippen molar-refractivity contribution in [3.8, 4) is 5.75 Å². The van der Waals surface area contributed by atoms with Crippen molar-refractivity contribution >= 4 is 11.9 Å². The third-order valence-electron chi connectivity index (χ3n) is 6.34. The van der Waals surface area contributed by atoms with Crippen LogP contribution in [0.4, 0.5) is 0 Å². The number of hydrogen-bond acceptors (Lipinski definition) is 7. The topological polar surface area (TPSA) is 83.1 Å². The Bertz CT molecular complexity index is 1030. The predicted octanol–water partition coefficient (Wildman–Crippen LogP) is 4.68. The molecule has 2 heterocycles. The largest absolute Gasteiger partial charge is 0.454 e. The summed E-state index contributed by atoms with van der Waals surface area (Å²) < 4.78 is 23.3. The molecule has 4 rings (SSSR count). The zero-order valence-corrected chi connectivity index (χ0v) is 21.2. The van der Waals surface area contributed by atoms with E-state index in [1.165, 1.54) is 5.56 Å². The minimum Gasteiger partial charge on any atom is -0.454 e. The van der Waals surface area contributed by atoms with E-state index in [0.717, 1.165) is 6.42 Å². The first-order chi connectivity index (χ1) is 16.5. The molecular weight excluding hydrogens is 446 g/mol. The highest BCUT2D eigenvalue weighted by molar-refractivity contribution is 5.94. The summed E-state index contributed by atoms with van der Waals surface area (Å²) in [5.41, 5.74) is 1.60. The summed E-state index contributed by atoms with van der Waals surface area (Å²) in [4.78, 5) is 25.1. The molecule has 0 saturated carbocycles. The minimum absolute atomic E-state index is 0.132. The molecule has 2 aromatic carbocycles. The van der Waals surface area contributed by atoms with Crippen LogP contribution in [0.2, 0.25) is 0 Å². The maximum Gasteiger partial charge on any atom is 0.343 e. The molecule has 1 spiro atoms. The number of piperidine rings is 1. The first-order valence-electron chi connectivity index (χ1n) is 12.2. The van der Waals surface area contributed by atoms with Gasteiger partial charge in [0.25, 0.3) is 0 Å². The molecule has 0 radical (unpaired) electrons. The van der Waals surface area contributed by atoms with E-state index in [0.29, 0.717) is 29.7 Å². The molecule has 2 aliphatic heterocycles. The van der Waals surface area contributed by atoms with Gasteiger partial charge in [0, 0.05) is 23.9 Å². The molecule has 2 aromatic rings. The number of esters is 2. The normalized spacial score (nSPS) is 20.8. The number of nitrogens with one attached hydrogen (secondary N) is 1. The molecule has 0 atom stereocenters. The van der Waals surface area contributed by atoms with Gasteiger partial charge in [-0.15, -0.1) is 0 Å². The van der Waals surface area contributed by atoms with Gasteiger partial charge in [-0.25, -0.2) is 9.59 Å². The molecule has 2 aliphatic rings. The number of benzene rings is 2.